The van der Waals surface area contributed by atoms with Gasteiger partial charge in [0, 0.05) is 24.7 Å². The number of nitrogens with two attached hydrogens (primary N) is 1. The van der Waals surface area contributed by atoms with Crippen molar-refractivity contribution in [3.63, 3.8) is 0 Å². The zero-order valence-corrected chi connectivity index (χ0v) is 13.3. The summed E-state index contributed by atoms with van der Waals surface area (Å²) in [7, 11) is -4.49. The topological polar surface area (TPSA) is 92.5 Å². The van der Waals surface area contributed by atoms with E-state index in [1.54, 1.807) is 4.90 Å². The zero-order valence-electron chi connectivity index (χ0n) is 12.5. The van der Waals surface area contributed by atoms with Gasteiger partial charge in [-0.15, -0.1) is 0 Å². The van der Waals surface area contributed by atoms with E-state index in [1.165, 1.54) is 6.07 Å². The molecule has 1 aliphatic carbocycles. The Labute approximate surface area is 136 Å². The van der Waals surface area contributed by atoms with Crippen molar-refractivity contribution in [1.29, 1.82) is 0 Å². The Morgan fingerprint density at radius 1 is 1.25 bits per heavy atom. The molecule has 1 aromatic rings. The predicted molar refractivity (Wildman–Crippen MR) is 79.6 cm³/mol. The maximum absolute atomic E-state index is 13.1. The van der Waals surface area contributed by atoms with E-state index in [0.29, 0.717) is 12.6 Å². The first-order valence-electron chi connectivity index (χ1n) is 7.36. The van der Waals surface area contributed by atoms with Gasteiger partial charge in [0.1, 0.15) is 0 Å². The lowest BCUT2D eigenvalue weighted by Crippen LogP contribution is -2.29. The normalized spacial score (nSPS) is 22.1. The average Bonchev–Trinajstić information content (AvgIpc) is 3.21. The van der Waals surface area contributed by atoms with E-state index in [-0.39, 0.29) is 30.1 Å². The minimum Gasteiger partial charge on any atom is -0.380 e. The van der Waals surface area contributed by atoms with Crippen LogP contribution in [0.25, 0.3) is 0 Å². The molecule has 3 rings (SSSR count). The van der Waals surface area contributed by atoms with Gasteiger partial charge in [-0.3, -0.25) is 4.79 Å². The predicted octanol–water partition coefficient (Wildman–Crippen LogP) is 1.53. The van der Waals surface area contributed by atoms with Gasteiger partial charge in [0.2, 0.25) is 15.9 Å². The van der Waals surface area contributed by atoms with Crippen LogP contribution in [0.2, 0.25) is 0 Å². The van der Waals surface area contributed by atoms with E-state index < -0.39 is 26.7 Å². The number of carbonyl (C=O) groups excluding carboxylic acids is 1. The molecule has 1 aromatic carbocycles. The van der Waals surface area contributed by atoms with Crippen LogP contribution in [0, 0.1) is 0 Å². The van der Waals surface area contributed by atoms with Crippen molar-refractivity contribution in [2.45, 2.75) is 42.4 Å². The Kier molecular flexibility index (Phi) is 3.99. The van der Waals surface area contributed by atoms with Gasteiger partial charge in [0.15, 0.2) is 0 Å². The number of benzene rings is 1. The SMILES string of the molecule is NS(=O)(=O)c1ccc(NC2CC(=O)N(C3CC3)C2)cc1C(F)(F)F. The lowest BCUT2D eigenvalue weighted by molar-refractivity contribution is -0.139. The van der Waals surface area contributed by atoms with Crippen LogP contribution in [-0.4, -0.2) is 37.9 Å². The summed E-state index contributed by atoms with van der Waals surface area (Å²) in [5.41, 5.74) is -1.22. The Morgan fingerprint density at radius 3 is 2.46 bits per heavy atom. The number of nitrogens with one attached hydrogen (secondary N) is 1. The highest BCUT2D eigenvalue weighted by Gasteiger charge is 2.40. The minimum atomic E-state index is -4.86. The number of primary sulfonamides is 1. The number of anilines is 1. The van der Waals surface area contributed by atoms with Crippen LogP contribution in [0.15, 0.2) is 23.1 Å². The van der Waals surface area contributed by atoms with E-state index in [0.717, 1.165) is 18.9 Å². The van der Waals surface area contributed by atoms with E-state index in [9.17, 15) is 26.4 Å². The van der Waals surface area contributed by atoms with Crippen LogP contribution in [0.3, 0.4) is 0 Å². The number of amides is 1. The Bertz CT molecular complexity index is 775. The molecule has 10 heteroatoms. The van der Waals surface area contributed by atoms with Gasteiger partial charge in [-0.1, -0.05) is 0 Å². The molecule has 1 aliphatic heterocycles. The number of rotatable bonds is 4. The molecule has 0 bridgehead atoms. The molecule has 6 nitrogen and oxygen atoms in total. The molecular weight excluding hydrogens is 347 g/mol. The number of hydrogen-bond donors (Lipinski definition) is 2. The molecule has 24 heavy (non-hydrogen) atoms. The molecule has 0 radical (unpaired) electrons. The third-order valence-corrected chi connectivity index (χ3v) is 5.08. The number of nitrogens with zero attached hydrogens (tertiary/aromatic N) is 1. The molecule has 1 saturated carbocycles. The first-order chi connectivity index (χ1) is 11.1. The number of carbonyl (C=O) groups is 1. The highest BCUT2D eigenvalue weighted by atomic mass is 32.2. The highest BCUT2D eigenvalue weighted by Crippen LogP contribution is 2.36. The average molecular weight is 363 g/mol. The molecule has 3 N–H and O–H groups in total. The van der Waals surface area contributed by atoms with Crippen LogP contribution in [0.4, 0.5) is 18.9 Å². The van der Waals surface area contributed by atoms with Gasteiger partial charge < -0.3 is 10.2 Å². The van der Waals surface area contributed by atoms with Gasteiger partial charge in [-0.05, 0) is 31.0 Å². The minimum absolute atomic E-state index is 0.0211. The molecule has 2 aliphatic rings. The smallest absolute Gasteiger partial charge is 0.380 e. The summed E-state index contributed by atoms with van der Waals surface area (Å²) < 4.78 is 62.0. The second-order valence-electron chi connectivity index (χ2n) is 6.08. The summed E-state index contributed by atoms with van der Waals surface area (Å²) >= 11 is 0. The van der Waals surface area contributed by atoms with Crippen molar-refractivity contribution in [2.24, 2.45) is 5.14 Å². The molecule has 2 fully saturated rings. The molecule has 1 amide bonds. The largest absolute Gasteiger partial charge is 0.417 e. The standard InChI is InChI=1S/C14H16F3N3O3S/c15-14(16,17)11-5-8(1-4-12(11)24(18,22)23)19-9-6-13(21)20(7-9)10-2-3-10/h1,4-5,9-10,19H,2-3,6-7H2,(H2,18,22,23). The lowest BCUT2D eigenvalue weighted by Gasteiger charge is -2.18. The van der Waals surface area contributed by atoms with Gasteiger partial charge >= 0.3 is 6.18 Å². The quantitative estimate of drug-likeness (QED) is 0.849. The maximum Gasteiger partial charge on any atom is 0.417 e. The molecular formula is C14H16F3N3O3S. The summed E-state index contributed by atoms with van der Waals surface area (Å²) in [5, 5.41) is 7.72. The number of hydrogen-bond acceptors (Lipinski definition) is 4. The fourth-order valence-electron chi connectivity index (χ4n) is 2.89. The number of likely N-dealkylation sites (tertiary alicyclic amines) is 1. The first-order valence-corrected chi connectivity index (χ1v) is 8.90. The van der Waals surface area contributed by atoms with E-state index in [1.807, 2.05) is 0 Å². The van der Waals surface area contributed by atoms with Crippen LogP contribution >= 0.6 is 0 Å². The fraction of sp³-hybridized carbons (Fsp3) is 0.500. The van der Waals surface area contributed by atoms with Crippen molar-refractivity contribution in [3.8, 4) is 0 Å². The van der Waals surface area contributed by atoms with E-state index in [2.05, 4.69) is 5.32 Å². The third kappa shape index (κ3) is 3.48. The van der Waals surface area contributed by atoms with Crippen LogP contribution < -0.4 is 10.5 Å². The summed E-state index contributed by atoms with van der Waals surface area (Å²) in [6.45, 7) is 0.432. The van der Waals surface area contributed by atoms with Crippen molar-refractivity contribution in [3.05, 3.63) is 23.8 Å². The number of alkyl halides is 3. The van der Waals surface area contributed by atoms with Gasteiger partial charge in [-0.25, -0.2) is 13.6 Å². The highest BCUT2D eigenvalue weighted by molar-refractivity contribution is 7.89. The van der Waals surface area contributed by atoms with E-state index >= 15 is 0 Å². The Morgan fingerprint density at radius 2 is 1.92 bits per heavy atom. The summed E-state index contributed by atoms with van der Waals surface area (Å²) in [4.78, 5) is 12.6. The Hall–Kier alpha value is -1.81. The second kappa shape index (κ2) is 5.62. The number of halogens is 3. The summed E-state index contributed by atoms with van der Waals surface area (Å²) in [6.07, 6.45) is -2.74. The monoisotopic (exact) mass is 363 g/mol. The molecule has 132 valence electrons. The first kappa shape index (κ1) is 17.0. The third-order valence-electron chi connectivity index (χ3n) is 4.11. The van der Waals surface area contributed by atoms with Gasteiger partial charge in [-0.2, -0.15) is 13.2 Å². The second-order valence-corrected chi connectivity index (χ2v) is 7.61. The Balaban J connectivity index is 1.83. The maximum atomic E-state index is 13.1. The molecule has 1 saturated heterocycles. The van der Waals surface area contributed by atoms with Crippen molar-refractivity contribution < 1.29 is 26.4 Å². The summed E-state index contributed by atoms with van der Waals surface area (Å²) in [5.74, 6) is -0.0211. The molecule has 1 heterocycles. The van der Waals surface area contributed by atoms with Crippen LogP contribution in [0.1, 0.15) is 24.8 Å². The van der Waals surface area contributed by atoms with Gasteiger partial charge in [0.25, 0.3) is 0 Å². The lowest BCUT2D eigenvalue weighted by atomic mass is 10.1. The molecule has 0 spiro atoms. The van der Waals surface area contributed by atoms with Gasteiger partial charge in [0.05, 0.1) is 16.5 Å². The number of sulfonamides is 1. The zero-order chi connectivity index (χ0) is 17.7. The van der Waals surface area contributed by atoms with Crippen LogP contribution in [-0.2, 0) is 21.0 Å². The molecule has 1 atom stereocenters. The van der Waals surface area contributed by atoms with Crippen LogP contribution in [0.5, 0.6) is 0 Å². The van der Waals surface area contributed by atoms with E-state index in [4.69, 9.17) is 5.14 Å². The molecule has 0 aromatic heterocycles. The van der Waals surface area contributed by atoms with Crippen molar-refractivity contribution in [1.82, 2.24) is 4.90 Å². The van der Waals surface area contributed by atoms with Crippen molar-refractivity contribution in [2.75, 3.05) is 11.9 Å². The van der Waals surface area contributed by atoms with Crippen molar-refractivity contribution >= 4 is 21.6 Å². The molecule has 1 unspecified atom stereocenters. The summed E-state index contributed by atoms with van der Waals surface area (Å²) in [6, 6.07) is 2.71. The fourth-order valence-corrected chi connectivity index (χ4v) is 3.63.